The molecule has 1 heterocycles. The first-order valence-corrected chi connectivity index (χ1v) is 10.3. The summed E-state index contributed by atoms with van der Waals surface area (Å²) in [7, 11) is 0. The van der Waals surface area contributed by atoms with Crippen LogP contribution in [0.3, 0.4) is 0 Å². The molecule has 4 aromatic carbocycles. The van der Waals surface area contributed by atoms with Gasteiger partial charge >= 0.3 is 0 Å². The number of anilines is 1. The molecule has 0 fully saturated rings. The summed E-state index contributed by atoms with van der Waals surface area (Å²) in [4.78, 5) is 27.9. The van der Waals surface area contributed by atoms with Crippen LogP contribution in [0, 0.1) is 0 Å². The molecule has 1 amide bonds. The van der Waals surface area contributed by atoms with E-state index in [1.807, 2.05) is 54.6 Å². The molecule has 1 atom stereocenters. The highest BCUT2D eigenvalue weighted by Crippen LogP contribution is 2.43. The number of hydrogen-bond donors (Lipinski definition) is 1. The number of ketones is 1. The fourth-order valence-electron chi connectivity index (χ4n) is 4.31. The number of para-hydroxylation sites is 1. The topological polar surface area (TPSA) is 57.6 Å². The minimum absolute atomic E-state index is 0.265. The van der Waals surface area contributed by atoms with Crippen molar-refractivity contribution < 1.29 is 14.7 Å². The van der Waals surface area contributed by atoms with Crippen molar-refractivity contribution in [1.29, 1.82) is 0 Å². The van der Waals surface area contributed by atoms with E-state index in [2.05, 4.69) is 6.07 Å². The number of fused-ring (bicyclic) bond motifs is 2. The summed E-state index contributed by atoms with van der Waals surface area (Å²) in [5.74, 6) is -0.732. The van der Waals surface area contributed by atoms with Crippen molar-refractivity contribution in [2.45, 2.75) is 18.6 Å². The van der Waals surface area contributed by atoms with Crippen LogP contribution >= 0.6 is 0 Å². The first kappa shape index (κ1) is 19.2. The van der Waals surface area contributed by atoms with Gasteiger partial charge in [0.15, 0.2) is 11.4 Å². The smallest absolute Gasteiger partial charge is 0.264 e. The zero-order chi connectivity index (χ0) is 21.4. The lowest BCUT2D eigenvalue weighted by atomic mass is 9.88. The van der Waals surface area contributed by atoms with Gasteiger partial charge in [-0.15, -0.1) is 0 Å². The van der Waals surface area contributed by atoms with Crippen LogP contribution in [-0.4, -0.2) is 16.8 Å². The summed E-state index contributed by atoms with van der Waals surface area (Å²) in [5, 5.41) is 13.7. The molecule has 0 aliphatic carbocycles. The Hall–Kier alpha value is -3.76. The predicted molar refractivity (Wildman–Crippen MR) is 121 cm³/mol. The van der Waals surface area contributed by atoms with Gasteiger partial charge in [-0.2, -0.15) is 0 Å². The normalized spacial score (nSPS) is 17.7. The van der Waals surface area contributed by atoms with Gasteiger partial charge in [0.1, 0.15) is 0 Å². The Morgan fingerprint density at radius 1 is 0.806 bits per heavy atom. The van der Waals surface area contributed by atoms with Crippen molar-refractivity contribution in [2.75, 3.05) is 4.90 Å². The van der Waals surface area contributed by atoms with Crippen LogP contribution in [0.5, 0.6) is 0 Å². The number of amides is 1. The highest BCUT2D eigenvalue weighted by Gasteiger charge is 2.50. The molecule has 1 N–H and O–H groups in total. The van der Waals surface area contributed by atoms with Gasteiger partial charge in [-0.3, -0.25) is 9.59 Å². The summed E-state index contributed by atoms with van der Waals surface area (Å²) in [6.07, 6.45) is -0.291. The summed E-state index contributed by atoms with van der Waals surface area (Å²) >= 11 is 0. The monoisotopic (exact) mass is 407 g/mol. The van der Waals surface area contributed by atoms with Crippen LogP contribution in [0.1, 0.15) is 27.9 Å². The molecule has 4 heteroatoms. The van der Waals surface area contributed by atoms with E-state index in [0.717, 1.165) is 16.3 Å². The molecule has 0 spiro atoms. The number of carbonyl (C=O) groups excluding carboxylic acids is 2. The van der Waals surface area contributed by atoms with E-state index in [4.69, 9.17) is 0 Å². The van der Waals surface area contributed by atoms with Crippen molar-refractivity contribution in [3.05, 3.63) is 114 Å². The van der Waals surface area contributed by atoms with Crippen molar-refractivity contribution in [3.63, 3.8) is 0 Å². The number of aliphatic hydroxyl groups is 1. The van der Waals surface area contributed by atoms with Gasteiger partial charge in [0.2, 0.25) is 0 Å². The number of rotatable bonds is 5. The minimum Gasteiger partial charge on any atom is -0.375 e. The fraction of sp³-hybridized carbons (Fsp3) is 0.111. The van der Waals surface area contributed by atoms with Crippen molar-refractivity contribution in [3.8, 4) is 0 Å². The van der Waals surface area contributed by atoms with Crippen LogP contribution in [0.15, 0.2) is 97.1 Å². The zero-order valence-corrected chi connectivity index (χ0v) is 16.9. The third kappa shape index (κ3) is 3.31. The molecule has 0 aromatic heterocycles. The first-order chi connectivity index (χ1) is 15.1. The quantitative estimate of drug-likeness (QED) is 0.481. The van der Waals surface area contributed by atoms with Gasteiger partial charge in [-0.05, 0) is 28.5 Å². The average Bonchev–Trinajstić information content (AvgIpc) is 3.01. The van der Waals surface area contributed by atoms with E-state index in [9.17, 15) is 14.7 Å². The lowest BCUT2D eigenvalue weighted by molar-refractivity contribution is -0.136. The SMILES string of the molecule is O=C(C[C@]1(O)C(=O)N(Cc2ccc3ccccc3c2)c2ccccc21)c1ccccc1. The van der Waals surface area contributed by atoms with E-state index in [-0.39, 0.29) is 12.2 Å². The molecule has 4 aromatic rings. The molecular formula is C27H21NO3. The number of carbonyl (C=O) groups is 2. The maximum absolute atomic E-state index is 13.4. The van der Waals surface area contributed by atoms with Crippen LogP contribution < -0.4 is 4.90 Å². The summed E-state index contributed by atoms with van der Waals surface area (Å²) < 4.78 is 0. The molecule has 1 aliphatic heterocycles. The van der Waals surface area contributed by atoms with E-state index >= 15 is 0 Å². The van der Waals surface area contributed by atoms with Crippen molar-refractivity contribution in [1.82, 2.24) is 0 Å². The number of nitrogens with zero attached hydrogens (tertiary/aromatic N) is 1. The third-order valence-electron chi connectivity index (χ3n) is 5.91. The summed E-state index contributed by atoms with van der Waals surface area (Å²) in [6, 6.07) is 30.1. The van der Waals surface area contributed by atoms with Gasteiger partial charge in [0.05, 0.1) is 18.7 Å². The number of Topliss-reactive ketones (excluding diaryl/α,β-unsaturated/α-hetero) is 1. The maximum atomic E-state index is 13.4. The third-order valence-corrected chi connectivity index (χ3v) is 5.91. The highest BCUT2D eigenvalue weighted by atomic mass is 16.3. The Balaban J connectivity index is 1.49. The van der Waals surface area contributed by atoms with Crippen LogP contribution in [-0.2, 0) is 16.9 Å². The fourth-order valence-corrected chi connectivity index (χ4v) is 4.31. The second-order valence-corrected chi connectivity index (χ2v) is 7.92. The largest absolute Gasteiger partial charge is 0.375 e. The van der Waals surface area contributed by atoms with Crippen LogP contribution in [0.2, 0.25) is 0 Å². The highest BCUT2D eigenvalue weighted by molar-refractivity contribution is 6.10. The molecule has 1 aliphatic rings. The average molecular weight is 407 g/mol. The van der Waals surface area contributed by atoms with Gasteiger partial charge < -0.3 is 10.0 Å². The van der Waals surface area contributed by atoms with Gasteiger partial charge in [0, 0.05) is 11.1 Å². The molecule has 5 rings (SSSR count). The van der Waals surface area contributed by atoms with Gasteiger partial charge in [-0.25, -0.2) is 0 Å². The maximum Gasteiger partial charge on any atom is 0.264 e. The standard InChI is InChI=1S/C27H21NO3/c29-25(21-9-2-1-3-10-21)17-27(31)23-12-6-7-13-24(23)28(26(27)30)18-19-14-15-20-8-4-5-11-22(20)16-19/h1-16,31H,17-18H2/t27-/m1/s1. The number of benzene rings is 4. The molecule has 4 nitrogen and oxygen atoms in total. The second-order valence-electron chi connectivity index (χ2n) is 7.92. The Labute approximate surface area is 180 Å². The molecule has 31 heavy (non-hydrogen) atoms. The van der Waals surface area contributed by atoms with E-state index in [1.165, 1.54) is 0 Å². The molecular weight excluding hydrogens is 386 g/mol. The Kier molecular flexibility index (Phi) is 4.64. The molecule has 152 valence electrons. The van der Waals surface area contributed by atoms with Crippen molar-refractivity contribution in [2.24, 2.45) is 0 Å². The van der Waals surface area contributed by atoms with Gasteiger partial charge in [0.25, 0.3) is 5.91 Å². The Morgan fingerprint density at radius 2 is 1.48 bits per heavy atom. The summed E-state index contributed by atoms with van der Waals surface area (Å²) in [5.41, 5.74) is 0.684. The summed E-state index contributed by atoms with van der Waals surface area (Å²) in [6.45, 7) is 0.322. The Morgan fingerprint density at radius 3 is 2.29 bits per heavy atom. The molecule has 0 unspecified atom stereocenters. The first-order valence-electron chi connectivity index (χ1n) is 10.3. The number of hydrogen-bond acceptors (Lipinski definition) is 3. The van der Waals surface area contributed by atoms with Crippen LogP contribution in [0.4, 0.5) is 5.69 Å². The lowest BCUT2D eigenvalue weighted by Crippen LogP contribution is -2.41. The minimum atomic E-state index is -1.87. The predicted octanol–water partition coefficient (Wildman–Crippen LogP) is 4.85. The van der Waals surface area contributed by atoms with Gasteiger partial charge in [-0.1, -0.05) is 84.9 Å². The molecule has 0 saturated heterocycles. The molecule has 0 radical (unpaired) electrons. The molecule has 0 bridgehead atoms. The lowest BCUT2D eigenvalue weighted by Gasteiger charge is -2.23. The van der Waals surface area contributed by atoms with Crippen LogP contribution in [0.25, 0.3) is 10.8 Å². The van der Waals surface area contributed by atoms with E-state index in [0.29, 0.717) is 23.4 Å². The molecule has 0 saturated carbocycles. The zero-order valence-electron chi connectivity index (χ0n) is 16.9. The van der Waals surface area contributed by atoms with E-state index in [1.54, 1.807) is 41.3 Å². The van der Waals surface area contributed by atoms with Crippen molar-refractivity contribution >= 4 is 28.2 Å². The Bertz CT molecular complexity index is 1300. The van der Waals surface area contributed by atoms with E-state index < -0.39 is 11.5 Å². The second kappa shape index (κ2) is 7.49.